The van der Waals surface area contributed by atoms with E-state index in [2.05, 4.69) is 6.92 Å². The molecule has 3 rings (SSSR count). The molecule has 0 fully saturated rings. The number of aromatic amines is 1. The fraction of sp³-hybridized carbons (Fsp3) is 0.368. The molecule has 0 aliphatic rings. The monoisotopic (exact) mass is 405 g/mol. The number of aromatic nitrogens is 2. The lowest BCUT2D eigenvalue weighted by Gasteiger charge is -2.17. The Labute approximate surface area is 162 Å². The van der Waals surface area contributed by atoms with Gasteiger partial charge in [0.1, 0.15) is 11.3 Å². The Bertz CT molecular complexity index is 1220. The molecule has 1 N–H and O–H groups in total. The van der Waals surface area contributed by atoms with Crippen LogP contribution in [0.4, 0.5) is 0 Å². The normalized spacial score (nSPS) is 12.1. The van der Waals surface area contributed by atoms with E-state index in [4.69, 9.17) is 4.42 Å². The van der Waals surface area contributed by atoms with Crippen LogP contribution < -0.4 is 11.2 Å². The summed E-state index contributed by atoms with van der Waals surface area (Å²) in [5.74, 6) is 0.750. The second kappa shape index (κ2) is 7.76. The number of benzene rings is 1. The van der Waals surface area contributed by atoms with E-state index in [9.17, 15) is 18.0 Å². The van der Waals surface area contributed by atoms with Crippen molar-refractivity contribution in [1.82, 2.24) is 13.9 Å². The number of H-pyrrole nitrogens is 1. The van der Waals surface area contributed by atoms with Gasteiger partial charge in [-0.1, -0.05) is 31.5 Å². The number of sulfonamides is 1. The lowest BCUT2D eigenvalue weighted by atomic mass is 10.1. The molecule has 0 radical (unpaired) electrons. The highest BCUT2D eigenvalue weighted by Crippen LogP contribution is 2.29. The molecule has 150 valence electrons. The minimum atomic E-state index is -4.10. The number of fused-ring (bicyclic) bond motifs is 1. The average Bonchev–Trinajstić information content (AvgIpc) is 3.00. The summed E-state index contributed by atoms with van der Waals surface area (Å²) in [6.07, 6.45) is 3.65. The Hall–Kier alpha value is -2.65. The zero-order valence-corrected chi connectivity index (χ0v) is 16.9. The molecule has 0 aliphatic heterocycles. The summed E-state index contributed by atoms with van der Waals surface area (Å²) in [7, 11) is -1.32. The van der Waals surface area contributed by atoms with Crippen LogP contribution in [0.5, 0.6) is 0 Å². The Morgan fingerprint density at radius 1 is 1.21 bits per heavy atom. The van der Waals surface area contributed by atoms with Crippen LogP contribution in [0.25, 0.3) is 11.0 Å². The van der Waals surface area contributed by atoms with Gasteiger partial charge < -0.3 is 8.98 Å². The number of nitrogens with one attached hydrogen (secondary N) is 1. The summed E-state index contributed by atoms with van der Waals surface area (Å²) in [5.41, 5.74) is -0.113. The van der Waals surface area contributed by atoms with Crippen molar-refractivity contribution in [2.24, 2.45) is 7.05 Å². The van der Waals surface area contributed by atoms with E-state index in [1.165, 1.54) is 14.1 Å². The van der Waals surface area contributed by atoms with Crippen LogP contribution in [0.2, 0.25) is 0 Å². The number of rotatable bonds is 7. The lowest BCUT2D eigenvalue weighted by Crippen LogP contribution is -2.36. The first-order chi connectivity index (χ1) is 13.3. The predicted molar refractivity (Wildman–Crippen MR) is 106 cm³/mol. The lowest BCUT2D eigenvalue weighted by molar-refractivity contribution is 0.454. The van der Waals surface area contributed by atoms with Crippen LogP contribution in [0, 0.1) is 0 Å². The maximum Gasteiger partial charge on any atom is 0.328 e. The molecule has 8 nitrogen and oxygen atoms in total. The number of unbranched alkanes of at least 4 members (excludes halogenated alkanes) is 1. The molecule has 3 aromatic rings. The number of hydrogen-bond acceptors (Lipinski definition) is 5. The summed E-state index contributed by atoms with van der Waals surface area (Å²) in [6.45, 7) is 2.13. The van der Waals surface area contributed by atoms with Crippen molar-refractivity contribution in [2.45, 2.75) is 37.6 Å². The van der Waals surface area contributed by atoms with Gasteiger partial charge in [0, 0.05) is 44.2 Å². The van der Waals surface area contributed by atoms with Crippen molar-refractivity contribution >= 4 is 21.0 Å². The first-order valence-corrected chi connectivity index (χ1v) is 10.4. The van der Waals surface area contributed by atoms with Crippen LogP contribution >= 0.6 is 0 Å². The zero-order valence-electron chi connectivity index (χ0n) is 16.1. The standard InChI is InChI=1S/C19H23N3O5S/c1-4-5-9-16-14(13-8-6-7-10-15(13)27-16)11-22(3)28(25,26)17-12-21(2)19(24)20-18(17)23/h6-8,10,12H,4-5,9,11H2,1-3H3,(H,20,23,24). The smallest absolute Gasteiger partial charge is 0.328 e. The average molecular weight is 405 g/mol. The summed E-state index contributed by atoms with van der Waals surface area (Å²) >= 11 is 0. The van der Waals surface area contributed by atoms with Crippen molar-refractivity contribution in [3.8, 4) is 0 Å². The van der Waals surface area contributed by atoms with Crippen LogP contribution in [-0.4, -0.2) is 29.3 Å². The van der Waals surface area contributed by atoms with Gasteiger partial charge in [0.2, 0.25) is 10.0 Å². The Balaban J connectivity index is 2.03. The van der Waals surface area contributed by atoms with Crippen molar-refractivity contribution in [1.29, 1.82) is 0 Å². The largest absolute Gasteiger partial charge is 0.461 e. The van der Waals surface area contributed by atoms with Gasteiger partial charge in [-0.15, -0.1) is 0 Å². The molecule has 28 heavy (non-hydrogen) atoms. The number of hydrogen-bond donors (Lipinski definition) is 1. The van der Waals surface area contributed by atoms with Crippen LogP contribution in [0.3, 0.4) is 0 Å². The highest BCUT2D eigenvalue weighted by Gasteiger charge is 2.27. The van der Waals surface area contributed by atoms with Gasteiger partial charge in [-0.2, -0.15) is 4.31 Å². The van der Waals surface area contributed by atoms with E-state index in [-0.39, 0.29) is 6.54 Å². The van der Waals surface area contributed by atoms with Gasteiger partial charge in [0.05, 0.1) is 0 Å². The van der Waals surface area contributed by atoms with Crippen LogP contribution in [-0.2, 0) is 30.0 Å². The van der Waals surface area contributed by atoms with Crippen molar-refractivity contribution in [3.63, 3.8) is 0 Å². The Kier molecular flexibility index (Phi) is 5.57. The van der Waals surface area contributed by atoms with E-state index in [0.717, 1.165) is 44.6 Å². The highest BCUT2D eigenvalue weighted by molar-refractivity contribution is 7.89. The second-order valence-electron chi connectivity index (χ2n) is 6.73. The van der Waals surface area contributed by atoms with E-state index >= 15 is 0 Å². The van der Waals surface area contributed by atoms with Crippen molar-refractivity contribution in [2.75, 3.05) is 7.05 Å². The molecule has 0 saturated heterocycles. The maximum atomic E-state index is 13.0. The summed E-state index contributed by atoms with van der Waals surface area (Å²) < 4.78 is 34.0. The molecule has 0 saturated carbocycles. The maximum absolute atomic E-state index is 13.0. The summed E-state index contributed by atoms with van der Waals surface area (Å²) in [6, 6.07) is 7.48. The van der Waals surface area contributed by atoms with Gasteiger partial charge in [0.25, 0.3) is 5.56 Å². The van der Waals surface area contributed by atoms with Crippen molar-refractivity contribution < 1.29 is 12.8 Å². The van der Waals surface area contributed by atoms with Crippen LogP contribution in [0.1, 0.15) is 31.1 Å². The molecule has 2 aromatic heterocycles. The zero-order chi connectivity index (χ0) is 20.5. The topological polar surface area (TPSA) is 105 Å². The third-order valence-corrected chi connectivity index (χ3v) is 6.48. The molecule has 0 bridgehead atoms. The number of nitrogens with zero attached hydrogens (tertiary/aromatic N) is 2. The Morgan fingerprint density at radius 2 is 1.93 bits per heavy atom. The molecule has 2 heterocycles. The van der Waals surface area contributed by atoms with Gasteiger partial charge in [-0.3, -0.25) is 9.78 Å². The third-order valence-electron chi connectivity index (χ3n) is 4.68. The first kappa shape index (κ1) is 20.1. The van der Waals surface area contributed by atoms with Gasteiger partial charge >= 0.3 is 5.69 Å². The van der Waals surface area contributed by atoms with Gasteiger partial charge in [0.15, 0.2) is 4.90 Å². The van der Waals surface area contributed by atoms with Gasteiger partial charge in [-0.05, 0) is 12.5 Å². The van der Waals surface area contributed by atoms with Gasteiger partial charge in [-0.25, -0.2) is 13.2 Å². The van der Waals surface area contributed by atoms with E-state index < -0.39 is 26.2 Å². The van der Waals surface area contributed by atoms with Crippen molar-refractivity contribution in [3.05, 3.63) is 62.6 Å². The third kappa shape index (κ3) is 3.67. The minimum Gasteiger partial charge on any atom is -0.461 e. The Morgan fingerprint density at radius 3 is 2.64 bits per heavy atom. The van der Waals surface area contributed by atoms with E-state index in [0.29, 0.717) is 12.0 Å². The summed E-state index contributed by atoms with van der Waals surface area (Å²) in [4.78, 5) is 25.1. The van der Waals surface area contributed by atoms with E-state index in [1.54, 1.807) is 0 Å². The first-order valence-electron chi connectivity index (χ1n) is 9.01. The van der Waals surface area contributed by atoms with Crippen LogP contribution in [0.15, 0.2) is 49.4 Å². The fourth-order valence-electron chi connectivity index (χ4n) is 3.06. The number of para-hydroxylation sites is 1. The minimum absolute atomic E-state index is 0.0562. The van der Waals surface area contributed by atoms with E-state index in [1.807, 2.05) is 29.2 Å². The molecule has 9 heteroatoms. The highest BCUT2D eigenvalue weighted by atomic mass is 32.2. The molecular formula is C19H23N3O5S. The molecular weight excluding hydrogens is 382 g/mol. The summed E-state index contributed by atoms with van der Waals surface area (Å²) in [5, 5.41) is 0.852. The number of aryl methyl sites for hydroxylation is 2. The second-order valence-corrected chi connectivity index (χ2v) is 8.74. The molecule has 0 unspecified atom stereocenters. The SMILES string of the molecule is CCCCc1oc2ccccc2c1CN(C)S(=O)(=O)c1cn(C)c(=O)[nH]c1=O. The molecule has 1 aromatic carbocycles. The molecule has 0 atom stereocenters. The molecule has 0 aliphatic carbocycles. The molecule has 0 amide bonds. The quantitative estimate of drug-likeness (QED) is 0.647. The fourth-order valence-corrected chi connectivity index (χ4v) is 4.27. The molecule has 0 spiro atoms. The predicted octanol–water partition coefficient (Wildman–Crippen LogP) is 1.98. The number of furan rings is 1.